The number of aromatic nitrogens is 2. The van der Waals surface area contributed by atoms with Gasteiger partial charge in [-0.15, -0.1) is 0 Å². The van der Waals surface area contributed by atoms with Crippen LogP contribution in [0.25, 0.3) is 10.8 Å². The van der Waals surface area contributed by atoms with Crippen molar-refractivity contribution in [1.29, 1.82) is 0 Å². The molecular formula is C44H56N8O8. The van der Waals surface area contributed by atoms with Crippen molar-refractivity contribution in [2.75, 3.05) is 13.1 Å². The van der Waals surface area contributed by atoms with Gasteiger partial charge in [-0.1, -0.05) is 89.8 Å². The summed E-state index contributed by atoms with van der Waals surface area (Å²) in [7, 11) is 0. The number of nitrogens with one attached hydrogen (secondary N) is 5. The van der Waals surface area contributed by atoms with Crippen LogP contribution in [0.15, 0.2) is 61.1 Å². The molecular weight excluding hydrogens is 769 g/mol. The molecule has 3 fully saturated rings. The lowest BCUT2D eigenvalue weighted by molar-refractivity contribution is -0.140. The number of hydrogen-bond acceptors (Lipinski definition) is 10. The number of ether oxygens (including phenoxy) is 1. The number of hydrogen-bond donors (Lipinski definition) is 5. The van der Waals surface area contributed by atoms with Gasteiger partial charge in [-0.2, -0.15) is 0 Å². The molecule has 2 heterocycles. The van der Waals surface area contributed by atoms with Crippen molar-refractivity contribution < 1.29 is 38.3 Å². The number of rotatable bonds is 15. The van der Waals surface area contributed by atoms with Gasteiger partial charge < -0.3 is 36.2 Å². The first-order chi connectivity index (χ1) is 28.7. The van der Waals surface area contributed by atoms with E-state index in [0.717, 1.165) is 37.5 Å². The van der Waals surface area contributed by atoms with E-state index < -0.39 is 76.9 Å². The van der Waals surface area contributed by atoms with E-state index in [4.69, 9.17) is 4.74 Å². The number of ketones is 1. The minimum Gasteiger partial charge on any atom is -0.410 e. The fourth-order valence-corrected chi connectivity index (χ4v) is 7.96. The highest BCUT2D eigenvalue weighted by Gasteiger charge is 2.45. The zero-order valence-electron chi connectivity index (χ0n) is 34.7. The summed E-state index contributed by atoms with van der Waals surface area (Å²) in [5.74, 6) is -4.82. The van der Waals surface area contributed by atoms with Crippen LogP contribution >= 0.6 is 0 Å². The highest BCUT2D eigenvalue weighted by atomic mass is 16.6. The number of likely N-dealkylation sites (tertiary alicyclic amines) is 1. The maximum absolute atomic E-state index is 14.4. The van der Waals surface area contributed by atoms with Crippen molar-refractivity contribution in [2.45, 2.75) is 116 Å². The molecule has 6 rings (SSSR count). The molecule has 0 radical (unpaired) electrons. The molecule has 3 aromatic rings. The monoisotopic (exact) mass is 824 g/mol. The summed E-state index contributed by atoms with van der Waals surface area (Å²) < 4.78 is 5.86. The Bertz CT molecular complexity index is 2060. The average molecular weight is 825 g/mol. The Morgan fingerprint density at radius 2 is 1.57 bits per heavy atom. The van der Waals surface area contributed by atoms with E-state index in [1.54, 1.807) is 32.9 Å². The van der Waals surface area contributed by atoms with Crippen LogP contribution in [-0.4, -0.2) is 99.6 Å². The second-order valence-electron chi connectivity index (χ2n) is 17.2. The number of carbonyl (C=O) groups is 7. The van der Waals surface area contributed by atoms with E-state index in [-0.39, 0.29) is 37.2 Å². The largest absolute Gasteiger partial charge is 0.415 e. The average Bonchev–Trinajstić information content (AvgIpc) is 3.96. The van der Waals surface area contributed by atoms with Gasteiger partial charge in [0, 0.05) is 36.9 Å². The molecule has 2 saturated carbocycles. The minimum atomic E-state index is -1.15. The Balaban J connectivity index is 1.23. The summed E-state index contributed by atoms with van der Waals surface area (Å²) in [6, 6.07) is 8.46. The molecule has 5 N–H and O–H groups in total. The summed E-state index contributed by atoms with van der Waals surface area (Å²) in [5, 5.41) is 15.7. The lowest BCUT2D eigenvalue weighted by Crippen LogP contribution is -2.61. The molecule has 16 heteroatoms. The summed E-state index contributed by atoms with van der Waals surface area (Å²) in [6.07, 6.45) is 9.87. The van der Waals surface area contributed by atoms with E-state index in [0.29, 0.717) is 30.4 Å². The molecule has 3 aliphatic rings. The van der Waals surface area contributed by atoms with E-state index in [2.05, 4.69) is 36.6 Å². The third-order valence-electron chi connectivity index (χ3n) is 11.4. The number of Topliss-reactive ketones (excluding diaryl/α,β-unsaturated/α-hetero) is 1. The fraction of sp³-hybridized carbons (Fsp3) is 0.523. The highest BCUT2D eigenvalue weighted by molar-refractivity contribution is 6.38. The zero-order chi connectivity index (χ0) is 43.0. The Labute approximate surface area is 349 Å². The minimum absolute atomic E-state index is 0.0525. The predicted octanol–water partition coefficient (Wildman–Crippen LogP) is 3.59. The van der Waals surface area contributed by atoms with Crippen LogP contribution in [0.2, 0.25) is 0 Å². The summed E-state index contributed by atoms with van der Waals surface area (Å²) in [6.45, 7) is 6.87. The third-order valence-corrected chi connectivity index (χ3v) is 11.4. The quantitative estimate of drug-likeness (QED) is 0.140. The topological polar surface area (TPSA) is 218 Å². The van der Waals surface area contributed by atoms with Crippen LogP contribution in [0.5, 0.6) is 5.75 Å². The standard InChI is InChI=1S/C44H56N8O8/c1-5-12-31(36(53)41(57)47-28-19-20-28)48-38(54)30-24-52(43(59)60-34-18-11-16-26-13-9-10-17-29(26)34)25-33(30)49-42(58)37(44(2,3)4)51-40(56)35(27-14-7-6-8-15-27)50-39(55)32-23-45-21-22-46-32/h9-11,13,16-18,21-23,27-28,30-31,33,35,37H,5-8,12,14-15,19-20,24-25H2,1-4H3,(H,47,57)(H,48,54)(H,49,58)(H,50,55)(H,51,56)/t30-,31+,33+,35+,37-/m1/s1. The molecule has 1 aromatic heterocycles. The van der Waals surface area contributed by atoms with Gasteiger partial charge in [0.2, 0.25) is 23.5 Å². The van der Waals surface area contributed by atoms with Crippen LogP contribution in [0.3, 0.4) is 0 Å². The molecule has 0 spiro atoms. The van der Waals surface area contributed by atoms with Gasteiger partial charge in [0.25, 0.3) is 11.8 Å². The molecule has 2 aliphatic carbocycles. The maximum atomic E-state index is 14.4. The Hall–Kier alpha value is -5.93. The molecule has 6 amide bonds. The maximum Gasteiger partial charge on any atom is 0.415 e. The summed E-state index contributed by atoms with van der Waals surface area (Å²) >= 11 is 0. The molecule has 0 unspecified atom stereocenters. The first-order valence-electron chi connectivity index (χ1n) is 21.0. The second-order valence-corrected chi connectivity index (χ2v) is 17.2. The van der Waals surface area contributed by atoms with Gasteiger partial charge in [-0.3, -0.25) is 33.8 Å². The van der Waals surface area contributed by atoms with E-state index in [9.17, 15) is 33.6 Å². The molecule has 0 bridgehead atoms. The van der Waals surface area contributed by atoms with Crippen LogP contribution in [0.4, 0.5) is 4.79 Å². The van der Waals surface area contributed by atoms with Gasteiger partial charge in [-0.25, -0.2) is 9.78 Å². The molecule has 1 aliphatic heterocycles. The Kier molecular flexibility index (Phi) is 14.1. The van der Waals surface area contributed by atoms with E-state index in [1.165, 1.54) is 23.5 Å². The number of fused-ring (bicyclic) bond motifs is 1. The molecule has 2 aromatic carbocycles. The number of carbonyl (C=O) groups excluding carboxylic acids is 7. The van der Waals surface area contributed by atoms with Gasteiger partial charge in [0.15, 0.2) is 0 Å². The second kappa shape index (κ2) is 19.4. The van der Waals surface area contributed by atoms with Crippen molar-refractivity contribution in [1.82, 2.24) is 41.5 Å². The Morgan fingerprint density at radius 1 is 0.833 bits per heavy atom. The number of nitrogens with zero attached hydrogens (tertiary/aromatic N) is 3. The molecule has 60 heavy (non-hydrogen) atoms. The van der Waals surface area contributed by atoms with Gasteiger partial charge >= 0.3 is 6.09 Å². The smallest absolute Gasteiger partial charge is 0.410 e. The first-order valence-corrected chi connectivity index (χ1v) is 21.0. The lowest BCUT2D eigenvalue weighted by atomic mass is 9.82. The zero-order valence-corrected chi connectivity index (χ0v) is 34.7. The summed E-state index contributed by atoms with van der Waals surface area (Å²) in [4.78, 5) is 105. The van der Waals surface area contributed by atoms with E-state index in [1.807, 2.05) is 37.3 Å². The van der Waals surface area contributed by atoms with E-state index >= 15 is 0 Å². The molecule has 5 atom stereocenters. The third kappa shape index (κ3) is 11.0. The number of amides is 6. The van der Waals surface area contributed by atoms with Crippen molar-refractivity contribution in [2.24, 2.45) is 17.3 Å². The Morgan fingerprint density at radius 3 is 2.25 bits per heavy atom. The summed E-state index contributed by atoms with van der Waals surface area (Å²) in [5.41, 5.74) is -0.806. The van der Waals surface area contributed by atoms with Crippen LogP contribution in [0, 0.1) is 17.3 Å². The number of benzene rings is 2. The molecule has 16 nitrogen and oxygen atoms in total. The SMILES string of the molecule is CCC[C@H](NC(=O)[C@@H]1CN(C(=O)Oc2cccc3ccccc23)C[C@@H]1NC(=O)[C@@H](NC(=O)[C@@H](NC(=O)c1cnccn1)C1CCCCC1)C(C)(C)C)C(=O)C(=O)NC1CC1. The van der Waals surface area contributed by atoms with Crippen molar-refractivity contribution in [3.8, 4) is 5.75 Å². The fourth-order valence-electron chi connectivity index (χ4n) is 7.96. The van der Waals surface area contributed by atoms with Crippen LogP contribution < -0.4 is 31.3 Å². The predicted molar refractivity (Wildman–Crippen MR) is 221 cm³/mol. The van der Waals surface area contributed by atoms with Crippen molar-refractivity contribution in [3.63, 3.8) is 0 Å². The lowest BCUT2D eigenvalue weighted by Gasteiger charge is -2.35. The normalized spacial score (nSPS) is 19.6. The highest BCUT2D eigenvalue weighted by Crippen LogP contribution is 2.30. The molecule has 1 saturated heterocycles. The van der Waals surface area contributed by atoms with Crippen molar-refractivity contribution >= 4 is 52.2 Å². The first kappa shape index (κ1) is 43.6. The molecule has 320 valence electrons. The van der Waals surface area contributed by atoms with Gasteiger partial charge in [0.1, 0.15) is 23.5 Å². The van der Waals surface area contributed by atoms with Gasteiger partial charge in [0.05, 0.1) is 24.2 Å². The van der Waals surface area contributed by atoms with Crippen LogP contribution in [0.1, 0.15) is 96.0 Å². The van der Waals surface area contributed by atoms with Crippen LogP contribution in [-0.2, 0) is 24.0 Å². The van der Waals surface area contributed by atoms with Crippen molar-refractivity contribution in [3.05, 3.63) is 66.7 Å². The van der Waals surface area contributed by atoms with Gasteiger partial charge in [-0.05, 0) is 54.9 Å².